The highest BCUT2D eigenvalue weighted by molar-refractivity contribution is 9.10. The molecule has 0 aliphatic carbocycles. The van der Waals surface area contributed by atoms with Gasteiger partial charge in [-0.05, 0) is 39.2 Å². The summed E-state index contributed by atoms with van der Waals surface area (Å²) in [4.78, 5) is 29.3. The first-order valence-corrected chi connectivity index (χ1v) is 8.14. The Morgan fingerprint density at radius 1 is 1.35 bits per heavy atom. The molecular formula is C16H20BrN3O3. The second-order valence-corrected chi connectivity index (χ2v) is 6.30. The van der Waals surface area contributed by atoms with Gasteiger partial charge in [-0.25, -0.2) is 4.79 Å². The first-order valence-electron chi connectivity index (χ1n) is 7.35. The first kappa shape index (κ1) is 17.5. The maximum absolute atomic E-state index is 12.2. The molecule has 1 heterocycles. The minimum Gasteiger partial charge on any atom is -0.461 e. The van der Waals surface area contributed by atoms with Crippen molar-refractivity contribution in [2.75, 3.05) is 32.6 Å². The van der Waals surface area contributed by atoms with E-state index >= 15 is 0 Å². The number of H-pyrrole nitrogens is 1. The van der Waals surface area contributed by atoms with Gasteiger partial charge in [0.1, 0.15) is 5.69 Å². The molecule has 2 aromatic rings. The van der Waals surface area contributed by atoms with Gasteiger partial charge in [0.2, 0.25) is 5.91 Å². The lowest BCUT2D eigenvalue weighted by molar-refractivity contribution is -0.116. The number of ether oxygens (including phenoxy) is 1. The summed E-state index contributed by atoms with van der Waals surface area (Å²) in [7, 11) is 3.81. The molecule has 6 nitrogen and oxygen atoms in total. The molecule has 124 valence electrons. The number of hydrogen-bond donors (Lipinski definition) is 2. The maximum Gasteiger partial charge on any atom is 0.356 e. The average molecular weight is 382 g/mol. The molecule has 0 spiro atoms. The Balaban J connectivity index is 2.37. The number of halogens is 1. The summed E-state index contributed by atoms with van der Waals surface area (Å²) >= 11 is 3.41. The third kappa shape index (κ3) is 4.33. The van der Waals surface area contributed by atoms with Crippen molar-refractivity contribution in [3.05, 3.63) is 28.4 Å². The number of esters is 1. The molecule has 0 aliphatic heterocycles. The van der Waals surface area contributed by atoms with E-state index in [2.05, 4.69) is 26.2 Å². The van der Waals surface area contributed by atoms with Gasteiger partial charge in [0, 0.05) is 28.3 Å². The fraction of sp³-hybridized carbons (Fsp3) is 0.375. The summed E-state index contributed by atoms with van der Waals surface area (Å²) in [6, 6.07) is 5.57. The van der Waals surface area contributed by atoms with Crippen molar-refractivity contribution < 1.29 is 14.3 Å². The Morgan fingerprint density at radius 3 is 2.74 bits per heavy atom. The highest BCUT2D eigenvalue weighted by Crippen LogP contribution is 2.31. The number of carbonyl (C=O) groups excluding carboxylic acids is 2. The smallest absolute Gasteiger partial charge is 0.356 e. The van der Waals surface area contributed by atoms with Gasteiger partial charge >= 0.3 is 5.97 Å². The van der Waals surface area contributed by atoms with E-state index in [1.807, 2.05) is 37.2 Å². The van der Waals surface area contributed by atoms with E-state index in [9.17, 15) is 9.59 Å². The highest BCUT2D eigenvalue weighted by atomic mass is 79.9. The van der Waals surface area contributed by atoms with Crippen LogP contribution in [0.15, 0.2) is 22.7 Å². The van der Waals surface area contributed by atoms with Crippen LogP contribution in [0, 0.1) is 0 Å². The molecule has 0 bridgehead atoms. The number of rotatable bonds is 6. The summed E-state index contributed by atoms with van der Waals surface area (Å²) in [5.74, 6) is -0.632. The van der Waals surface area contributed by atoms with Gasteiger partial charge in [0.05, 0.1) is 12.3 Å². The van der Waals surface area contributed by atoms with Crippen molar-refractivity contribution in [3.63, 3.8) is 0 Å². The summed E-state index contributed by atoms with van der Waals surface area (Å²) in [5.41, 5.74) is 1.49. The van der Waals surface area contributed by atoms with E-state index in [-0.39, 0.29) is 18.2 Å². The predicted octanol–water partition coefficient (Wildman–Crippen LogP) is 3.00. The molecule has 2 rings (SSSR count). The highest BCUT2D eigenvalue weighted by Gasteiger charge is 2.20. The van der Waals surface area contributed by atoms with Crippen LogP contribution in [0.1, 0.15) is 23.8 Å². The van der Waals surface area contributed by atoms with Gasteiger partial charge in [0.15, 0.2) is 0 Å². The van der Waals surface area contributed by atoms with Crippen LogP contribution in [0.25, 0.3) is 10.9 Å². The standard InChI is InChI=1S/C16H20BrN3O3/c1-4-23-16(22)15-14(19-13(21)7-8-20(2)3)11-9-10(17)5-6-12(11)18-15/h5-6,9,18H,4,7-8H2,1-3H3,(H,19,21). The minimum absolute atomic E-state index is 0.148. The molecule has 1 aromatic heterocycles. The zero-order chi connectivity index (χ0) is 17.0. The molecule has 23 heavy (non-hydrogen) atoms. The van der Waals surface area contributed by atoms with E-state index in [1.54, 1.807) is 6.92 Å². The predicted molar refractivity (Wildman–Crippen MR) is 93.8 cm³/mol. The zero-order valence-electron chi connectivity index (χ0n) is 13.4. The molecule has 0 radical (unpaired) electrons. The molecule has 1 aromatic carbocycles. The molecule has 1 amide bonds. The summed E-state index contributed by atoms with van der Waals surface area (Å²) in [6.07, 6.45) is 0.343. The van der Waals surface area contributed by atoms with Gasteiger partial charge < -0.3 is 19.9 Å². The Morgan fingerprint density at radius 2 is 2.09 bits per heavy atom. The molecular weight excluding hydrogens is 362 g/mol. The van der Waals surface area contributed by atoms with Gasteiger partial charge in [0.25, 0.3) is 0 Å². The van der Waals surface area contributed by atoms with E-state index in [0.29, 0.717) is 18.7 Å². The van der Waals surface area contributed by atoms with E-state index in [1.165, 1.54) is 0 Å². The largest absolute Gasteiger partial charge is 0.461 e. The van der Waals surface area contributed by atoms with Gasteiger partial charge in [-0.15, -0.1) is 0 Å². The Labute approximate surface area is 143 Å². The number of anilines is 1. The number of aromatic amines is 1. The lowest BCUT2D eigenvalue weighted by Crippen LogP contribution is -2.21. The third-order valence-electron chi connectivity index (χ3n) is 3.29. The molecule has 0 unspecified atom stereocenters. The van der Waals surface area contributed by atoms with Gasteiger partial charge in [-0.1, -0.05) is 15.9 Å². The maximum atomic E-state index is 12.2. The van der Waals surface area contributed by atoms with Crippen LogP contribution in [-0.4, -0.2) is 49.0 Å². The van der Waals surface area contributed by atoms with Gasteiger partial charge in [-0.3, -0.25) is 4.79 Å². The lowest BCUT2D eigenvalue weighted by Gasteiger charge is -2.10. The molecule has 2 N–H and O–H groups in total. The fourth-order valence-electron chi connectivity index (χ4n) is 2.18. The zero-order valence-corrected chi connectivity index (χ0v) is 15.0. The van der Waals surface area contributed by atoms with Crippen LogP contribution in [-0.2, 0) is 9.53 Å². The normalized spacial score (nSPS) is 11.0. The van der Waals surface area contributed by atoms with Crippen molar-refractivity contribution in [1.82, 2.24) is 9.88 Å². The summed E-state index contributed by atoms with van der Waals surface area (Å²) in [5, 5.41) is 3.60. The van der Waals surface area contributed by atoms with Crippen LogP contribution < -0.4 is 5.32 Å². The number of nitrogens with zero attached hydrogens (tertiary/aromatic N) is 1. The van der Waals surface area contributed by atoms with Crippen LogP contribution in [0.2, 0.25) is 0 Å². The van der Waals surface area contributed by atoms with Crippen LogP contribution >= 0.6 is 15.9 Å². The van der Waals surface area contributed by atoms with Crippen molar-refractivity contribution in [2.45, 2.75) is 13.3 Å². The van der Waals surface area contributed by atoms with Crippen LogP contribution in [0.3, 0.4) is 0 Å². The molecule has 0 fully saturated rings. The van der Waals surface area contributed by atoms with Crippen molar-refractivity contribution in [3.8, 4) is 0 Å². The average Bonchev–Trinajstić information content (AvgIpc) is 2.83. The number of amides is 1. The van der Waals surface area contributed by atoms with E-state index < -0.39 is 5.97 Å². The van der Waals surface area contributed by atoms with Crippen LogP contribution in [0.4, 0.5) is 5.69 Å². The van der Waals surface area contributed by atoms with E-state index in [4.69, 9.17) is 4.74 Å². The molecule has 0 saturated carbocycles. The van der Waals surface area contributed by atoms with Crippen molar-refractivity contribution in [1.29, 1.82) is 0 Å². The summed E-state index contributed by atoms with van der Waals surface area (Å²) < 4.78 is 5.93. The number of hydrogen-bond acceptors (Lipinski definition) is 4. The lowest BCUT2D eigenvalue weighted by atomic mass is 10.2. The molecule has 0 saturated heterocycles. The molecule has 7 heteroatoms. The number of carbonyl (C=O) groups is 2. The van der Waals surface area contributed by atoms with Crippen molar-refractivity contribution >= 4 is 44.4 Å². The SMILES string of the molecule is CCOC(=O)c1[nH]c2ccc(Br)cc2c1NC(=O)CCN(C)C. The van der Waals surface area contributed by atoms with Gasteiger partial charge in [-0.2, -0.15) is 0 Å². The Hall–Kier alpha value is -1.86. The minimum atomic E-state index is -0.484. The number of fused-ring (bicyclic) bond motifs is 1. The Bertz CT molecular complexity index is 725. The monoisotopic (exact) mass is 381 g/mol. The van der Waals surface area contributed by atoms with E-state index in [0.717, 1.165) is 15.4 Å². The van der Waals surface area contributed by atoms with Crippen molar-refractivity contribution in [2.24, 2.45) is 0 Å². The second kappa shape index (κ2) is 7.61. The number of benzene rings is 1. The third-order valence-corrected chi connectivity index (χ3v) is 3.78. The number of nitrogens with one attached hydrogen (secondary N) is 2. The topological polar surface area (TPSA) is 74.4 Å². The number of aromatic nitrogens is 1. The molecule has 0 atom stereocenters. The first-order chi connectivity index (χ1) is 10.9. The second-order valence-electron chi connectivity index (χ2n) is 5.39. The fourth-order valence-corrected chi connectivity index (χ4v) is 2.54. The quantitative estimate of drug-likeness (QED) is 0.754. The summed E-state index contributed by atoms with van der Waals surface area (Å²) in [6.45, 7) is 2.64. The molecule has 0 aliphatic rings. The Kier molecular flexibility index (Phi) is 5.79. The van der Waals surface area contributed by atoms with Crippen LogP contribution in [0.5, 0.6) is 0 Å².